The van der Waals surface area contributed by atoms with Crippen molar-refractivity contribution in [3.05, 3.63) is 12.4 Å². The highest BCUT2D eigenvalue weighted by Gasteiger charge is 2.24. The molecule has 1 heterocycles. The molecule has 0 saturated heterocycles. The van der Waals surface area contributed by atoms with Gasteiger partial charge < -0.3 is 10.4 Å². The van der Waals surface area contributed by atoms with Gasteiger partial charge in [0.1, 0.15) is 4.90 Å². The zero-order valence-corrected chi connectivity index (χ0v) is 12.7. The third-order valence-corrected chi connectivity index (χ3v) is 4.47. The molecule has 0 unspecified atom stereocenters. The topological polar surface area (TPSA) is 95.4 Å². The van der Waals surface area contributed by atoms with E-state index in [0.717, 1.165) is 13.0 Å². The Kier molecular flexibility index (Phi) is 6.83. The Morgan fingerprint density at radius 3 is 2.35 bits per heavy atom. The number of rotatable bonds is 9. The molecule has 0 amide bonds. The van der Waals surface area contributed by atoms with Crippen LogP contribution in [-0.4, -0.2) is 54.0 Å². The van der Waals surface area contributed by atoms with E-state index < -0.39 is 10.0 Å². The second-order valence-electron chi connectivity index (χ2n) is 4.30. The Morgan fingerprint density at radius 1 is 1.20 bits per heavy atom. The summed E-state index contributed by atoms with van der Waals surface area (Å²) in [7, 11) is -3.64. The van der Waals surface area contributed by atoms with Crippen molar-refractivity contribution < 1.29 is 13.5 Å². The number of nitrogens with one attached hydrogen (secondary N) is 1. The smallest absolute Gasteiger partial charge is 0.246 e. The molecule has 2 N–H and O–H groups in total. The van der Waals surface area contributed by atoms with E-state index in [1.807, 2.05) is 13.8 Å². The maximum Gasteiger partial charge on any atom is 0.246 e. The molecule has 0 spiro atoms. The lowest BCUT2D eigenvalue weighted by Gasteiger charge is -2.20. The second kappa shape index (κ2) is 8.13. The molecule has 0 bridgehead atoms. The van der Waals surface area contributed by atoms with Crippen molar-refractivity contribution in [1.29, 1.82) is 0 Å². The van der Waals surface area contributed by atoms with Crippen molar-refractivity contribution in [3.8, 4) is 0 Å². The van der Waals surface area contributed by atoms with Crippen LogP contribution < -0.4 is 5.32 Å². The zero-order valence-electron chi connectivity index (χ0n) is 11.9. The average molecular weight is 302 g/mol. The van der Waals surface area contributed by atoms with Gasteiger partial charge in [-0.15, -0.1) is 0 Å². The Labute approximate surface area is 120 Å². The van der Waals surface area contributed by atoms with Gasteiger partial charge in [0.2, 0.25) is 16.0 Å². The summed E-state index contributed by atoms with van der Waals surface area (Å²) in [6, 6.07) is 0. The monoisotopic (exact) mass is 302 g/mol. The van der Waals surface area contributed by atoms with Crippen LogP contribution >= 0.6 is 0 Å². The standard InChI is InChI=1S/C12H22N4O3S/c1-3-5-13-12-14-9-11(10-15-12)20(18,19)16(6-4-2)7-8-17/h9-10,17H,3-8H2,1-2H3,(H,13,14,15). The molecule has 20 heavy (non-hydrogen) atoms. The molecule has 1 aromatic heterocycles. The van der Waals surface area contributed by atoms with Crippen LogP contribution in [0, 0.1) is 0 Å². The third kappa shape index (κ3) is 4.39. The molecule has 8 heteroatoms. The first-order valence-corrected chi connectivity index (χ1v) is 8.17. The minimum absolute atomic E-state index is 0.0430. The highest BCUT2D eigenvalue weighted by atomic mass is 32.2. The fourth-order valence-electron chi connectivity index (χ4n) is 1.64. The normalized spacial score (nSPS) is 11.8. The van der Waals surface area contributed by atoms with Crippen LogP contribution in [-0.2, 0) is 10.0 Å². The summed E-state index contributed by atoms with van der Waals surface area (Å²) >= 11 is 0. The average Bonchev–Trinajstić information content (AvgIpc) is 2.45. The summed E-state index contributed by atoms with van der Waals surface area (Å²) in [5.41, 5.74) is 0. The predicted molar refractivity (Wildman–Crippen MR) is 76.9 cm³/mol. The van der Waals surface area contributed by atoms with Crippen molar-refractivity contribution in [3.63, 3.8) is 0 Å². The quantitative estimate of drug-likeness (QED) is 0.697. The highest BCUT2D eigenvalue weighted by Crippen LogP contribution is 2.14. The first-order valence-electron chi connectivity index (χ1n) is 6.73. The van der Waals surface area contributed by atoms with Crippen LogP contribution in [0.5, 0.6) is 0 Å². The van der Waals surface area contributed by atoms with Crippen molar-refractivity contribution in [2.24, 2.45) is 0 Å². The van der Waals surface area contributed by atoms with Gasteiger partial charge in [0.05, 0.1) is 19.0 Å². The summed E-state index contributed by atoms with van der Waals surface area (Å²) in [5.74, 6) is 0.412. The number of hydrogen-bond acceptors (Lipinski definition) is 6. The lowest BCUT2D eigenvalue weighted by atomic mass is 10.5. The van der Waals surface area contributed by atoms with Crippen molar-refractivity contribution >= 4 is 16.0 Å². The van der Waals surface area contributed by atoms with Crippen molar-refractivity contribution in [1.82, 2.24) is 14.3 Å². The van der Waals surface area contributed by atoms with E-state index in [9.17, 15) is 8.42 Å². The molecule has 0 aliphatic carbocycles. The molecule has 0 aliphatic rings. The van der Waals surface area contributed by atoms with Crippen LogP contribution in [0.4, 0.5) is 5.95 Å². The molecule has 0 atom stereocenters. The van der Waals surface area contributed by atoms with E-state index >= 15 is 0 Å². The number of anilines is 1. The zero-order chi connectivity index (χ0) is 15.0. The number of aromatic nitrogens is 2. The molecule has 1 rings (SSSR count). The maximum absolute atomic E-state index is 12.4. The number of sulfonamides is 1. The minimum atomic E-state index is -3.64. The molecule has 0 aromatic carbocycles. The summed E-state index contributed by atoms with van der Waals surface area (Å²) in [4.78, 5) is 8.03. The van der Waals surface area contributed by atoms with Crippen LogP contribution in [0.3, 0.4) is 0 Å². The Morgan fingerprint density at radius 2 is 1.85 bits per heavy atom. The van der Waals surface area contributed by atoms with E-state index in [-0.39, 0.29) is 18.0 Å². The Balaban J connectivity index is 2.90. The van der Waals surface area contributed by atoms with E-state index in [1.54, 1.807) is 0 Å². The number of aliphatic hydroxyl groups is 1. The summed E-state index contributed by atoms with van der Waals surface area (Å²) in [5, 5.41) is 11.9. The second-order valence-corrected chi connectivity index (χ2v) is 6.23. The highest BCUT2D eigenvalue weighted by molar-refractivity contribution is 7.89. The fourth-order valence-corrected chi connectivity index (χ4v) is 3.05. The van der Waals surface area contributed by atoms with Gasteiger partial charge in [-0.3, -0.25) is 0 Å². The number of nitrogens with zero attached hydrogens (tertiary/aromatic N) is 3. The molecule has 114 valence electrons. The van der Waals surface area contributed by atoms with Gasteiger partial charge in [0.25, 0.3) is 0 Å². The van der Waals surface area contributed by atoms with E-state index in [0.29, 0.717) is 18.9 Å². The molecule has 1 aromatic rings. The molecule has 0 fully saturated rings. The number of aliphatic hydroxyl groups excluding tert-OH is 1. The summed E-state index contributed by atoms with van der Waals surface area (Å²) < 4.78 is 25.9. The first-order chi connectivity index (χ1) is 9.56. The minimum Gasteiger partial charge on any atom is -0.395 e. The first kappa shape index (κ1) is 16.8. The van der Waals surface area contributed by atoms with E-state index in [4.69, 9.17) is 5.11 Å². The Bertz CT molecular complexity index is 484. The van der Waals surface area contributed by atoms with Gasteiger partial charge in [0, 0.05) is 19.6 Å². The number of hydrogen-bond donors (Lipinski definition) is 2. The Hall–Kier alpha value is -1.25. The van der Waals surface area contributed by atoms with Crippen LogP contribution in [0.25, 0.3) is 0 Å². The van der Waals surface area contributed by atoms with Gasteiger partial charge >= 0.3 is 0 Å². The largest absolute Gasteiger partial charge is 0.395 e. The molecular formula is C12H22N4O3S. The molecule has 0 saturated carbocycles. The molecular weight excluding hydrogens is 280 g/mol. The summed E-state index contributed by atoms with van der Waals surface area (Å²) in [6.45, 7) is 4.86. The summed E-state index contributed by atoms with van der Waals surface area (Å²) in [6.07, 6.45) is 4.20. The molecule has 0 aliphatic heterocycles. The van der Waals surface area contributed by atoms with Gasteiger partial charge in [-0.25, -0.2) is 18.4 Å². The maximum atomic E-state index is 12.4. The fraction of sp³-hybridized carbons (Fsp3) is 0.667. The van der Waals surface area contributed by atoms with Gasteiger partial charge in [-0.2, -0.15) is 4.31 Å². The van der Waals surface area contributed by atoms with Crippen LogP contribution in [0.15, 0.2) is 17.3 Å². The van der Waals surface area contributed by atoms with Crippen LogP contribution in [0.2, 0.25) is 0 Å². The molecule has 7 nitrogen and oxygen atoms in total. The molecule has 0 radical (unpaired) electrons. The lowest BCUT2D eigenvalue weighted by molar-refractivity contribution is 0.253. The SMILES string of the molecule is CCCNc1ncc(S(=O)(=O)N(CCC)CCO)cn1. The third-order valence-electron chi connectivity index (χ3n) is 2.62. The van der Waals surface area contributed by atoms with E-state index in [1.165, 1.54) is 16.7 Å². The van der Waals surface area contributed by atoms with Gasteiger partial charge in [0.15, 0.2) is 0 Å². The van der Waals surface area contributed by atoms with Crippen LogP contribution in [0.1, 0.15) is 26.7 Å². The predicted octanol–water partition coefficient (Wildman–Crippen LogP) is 0.691. The van der Waals surface area contributed by atoms with Gasteiger partial charge in [-0.05, 0) is 12.8 Å². The lowest BCUT2D eigenvalue weighted by Crippen LogP contribution is -2.34. The van der Waals surface area contributed by atoms with Crippen molar-refractivity contribution in [2.75, 3.05) is 31.6 Å². The van der Waals surface area contributed by atoms with Gasteiger partial charge in [-0.1, -0.05) is 13.8 Å². The van der Waals surface area contributed by atoms with E-state index in [2.05, 4.69) is 15.3 Å². The van der Waals surface area contributed by atoms with Crippen molar-refractivity contribution in [2.45, 2.75) is 31.6 Å².